The van der Waals surface area contributed by atoms with Gasteiger partial charge in [-0.3, -0.25) is 4.79 Å². The third kappa shape index (κ3) is 7.38. The Hall–Kier alpha value is -1.04. The Morgan fingerprint density at radius 2 is 2.26 bits per heavy atom. The zero-order chi connectivity index (χ0) is 15.1. The lowest BCUT2D eigenvalue weighted by molar-refractivity contribution is 0.0939. The molecule has 2 heterocycles. The van der Waals surface area contributed by atoms with Crippen LogP contribution in [0.4, 0.5) is 0 Å². The molecule has 0 saturated carbocycles. The van der Waals surface area contributed by atoms with E-state index in [1.54, 1.807) is 18.3 Å². The van der Waals surface area contributed by atoms with Crippen molar-refractivity contribution in [3.8, 4) is 5.75 Å². The summed E-state index contributed by atoms with van der Waals surface area (Å²) in [6, 6.07) is 3.56. The number of ether oxygens (including phenoxy) is 1. The van der Waals surface area contributed by atoms with Crippen LogP contribution in [0.25, 0.3) is 0 Å². The van der Waals surface area contributed by atoms with Crippen LogP contribution in [-0.4, -0.2) is 36.6 Å². The normalized spacial score (nSPS) is 16.9. The van der Waals surface area contributed by atoms with Crippen molar-refractivity contribution in [3.63, 3.8) is 0 Å². The number of piperidine rings is 1. The fourth-order valence-electron chi connectivity index (χ4n) is 2.55. The first-order chi connectivity index (χ1) is 10.2. The summed E-state index contributed by atoms with van der Waals surface area (Å²) in [4.78, 5) is 16.4. The molecule has 1 unspecified atom stereocenters. The second-order valence-electron chi connectivity index (χ2n) is 5.77. The Balaban J connectivity index is 0.00000242. The summed E-state index contributed by atoms with van der Waals surface area (Å²) in [5.74, 6) is 1.05. The molecule has 0 bridgehead atoms. The number of halogens is 2. The van der Waals surface area contributed by atoms with Crippen molar-refractivity contribution >= 4 is 30.7 Å². The smallest absolute Gasteiger partial charge is 0.273 e. The number of amides is 1. The molecule has 7 heteroatoms. The minimum Gasteiger partial charge on any atom is -0.489 e. The summed E-state index contributed by atoms with van der Waals surface area (Å²) < 4.78 is 5.63. The van der Waals surface area contributed by atoms with E-state index in [1.165, 1.54) is 12.8 Å². The van der Waals surface area contributed by atoms with Crippen molar-refractivity contribution in [3.05, 3.63) is 24.0 Å². The van der Waals surface area contributed by atoms with Crippen molar-refractivity contribution in [2.75, 3.05) is 19.6 Å². The highest BCUT2D eigenvalue weighted by atomic mass is 35.5. The lowest BCUT2D eigenvalue weighted by Gasteiger charge is -2.22. The predicted molar refractivity (Wildman–Crippen MR) is 97.0 cm³/mol. The second kappa shape index (κ2) is 11.5. The number of rotatable bonds is 6. The van der Waals surface area contributed by atoms with Crippen molar-refractivity contribution in [1.82, 2.24) is 15.6 Å². The van der Waals surface area contributed by atoms with Gasteiger partial charge in [0.15, 0.2) is 11.4 Å². The van der Waals surface area contributed by atoms with Crippen LogP contribution >= 0.6 is 24.8 Å². The van der Waals surface area contributed by atoms with E-state index < -0.39 is 0 Å². The molecule has 0 aliphatic carbocycles. The summed E-state index contributed by atoms with van der Waals surface area (Å²) in [6.07, 6.45) is 5.12. The number of carbonyl (C=O) groups excluding carboxylic acids is 1. The molecule has 132 valence electrons. The van der Waals surface area contributed by atoms with Crippen LogP contribution in [0.5, 0.6) is 5.75 Å². The van der Waals surface area contributed by atoms with E-state index >= 15 is 0 Å². The summed E-state index contributed by atoms with van der Waals surface area (Å²) in [7, 11) is 0. The quantitative estimate of drug-likeness (QED) is 0.815. The number of nitrogens with one attached hydrogen (secondary N) is 2. The van der Waals surface area contributed by atoms with Crippen molar-refractivity contribution < 1.29 is 9.53 Å². The van der Waals surface area contributed by atoms with E-state index in [0.717, 1.165) is 19.5 Å². The van der Waals surface area contributed by atoms with Crippen LogP contribution in [0.1, 0.15) is 43.6 Å². The first-order valence-electron chi connectivity index (χ1n) is 7.77. The van der Waals surface area contributed by atoms with Crippen LogP contribution in [0.15, 0.2) is 18.3 Å². The average Bonchev–Trinajstić information content (AvgIpc) is 2.48. The summed E-state index contributed by atoms with van der Waals surface area (Å²) >= 11 is 0. The maximum absolute atomic E-state index is 12.2. The third-order valence-corrected chi connectivity index (χ3v) is 3.59. The van der Waals surface area contributed by atoms with Crippen LogP contribution in [-0.2, 0) is 0 Å². The standard InChI is InChI=1S/C16H25N3O2.2ClH/c1-12(2)21-14-6-4-9-18-15(14)16(20)19-10-7-13-5-3-8-17-11-13;;/h4,6,9,12-13,17H,3,5,7-8,10-11H2,1-2H3,(H,19,20);2*1H. The molecule has 1 amide bonds. The van der Waals surface area contributed by atoms with Gasteiger partial charge in [0.05, 0.1) is 6.10 Å². The van der Waals surface area contributed by atoms with E-state index in [1.807, 2.05) is 13.8 Å². The Labute approximate surface area is 150 Å². The molecule has 2 rings (SSSR count). The molecule has 0 aromatic carbocycles. The topological polar surface area (TPSA) is 63.2 Å². The third-order valence-electron chi connectivity index (χ3n) is 3.59. The number of aromatic nitrogens is 1. The SMILES string of the molecule is CC(C)Oc1cccnc1C(=O)NCCC1CCCNC1.Cl.Cl. The monoisotopic (exact) mass is 363 g/mol. The van der Waals surface area contributed by atoms with Gasteiger partial charge in [0.25, 0.3) is 5.91 Å². The molecule has 23 heavy (non-hydrogen) atoms. The highest BCUT2D eigenvalue weighted by Crippen LogP contribution is 2.17. The molecule has 1 aliphatic heterocycles. The lowest BCUT2D eigenvalue weighted by atomic mass is 9.96. The number of hydrogen-bond acceptors (Lipinski definition) is 4. The highest BCUT2D eigenvalue weighted by Gasteiger charge is 2.16. The van der Waals surface area contributed by atoms with E-state index in [4.69, 9.17) is 4.74 Å². The average molecular weight is 364 g/mol. The van der Waals surface area contributed by atoms with Gasteiger partial charge in [0, 0.05) is 12.7 Å². The molecular weight excluding hydrogens is 337 g/mol. The van der Waals surface area contributed by atoms with Gasteiger partial charge >= 0.3 is 0 Å². The Morgan fingerprint density at radius 3 is 2.91 bits per heavy atom. The lowest BCUT2D eigenvalue weighted by Crippen LogP contribution is -2.33. The molecule has 1 aromatic heterocycles. The maximum atomic E-state index is 12.2. The van der Waals surface area contributed by atoms with Gasteiger partial charge in [-0.25, -0.2) is 4.98 Å². The molecule has 1 fully saturated rings. The second-order valence-corrected chi connectivity index (χ2v) is 5.77. The molecule has 0 spiro atoms. The molecular formula is C16H27Cl2N3O2. The minimum absolute atomic E-state index is 0. The predicted octanol–water partition coefficient (Wildman–Crippen LogP) is 2.83. The fourth-order valence-corrected chi connectivity index (χ4v) is 2.55. The Morgan fingerprint density at radius 1 is 1.48 bits per heavy atom. The minimum atomic E-state index is -0.157. The molecule has 1 saturated heterocycles. The largest absolute Gasteiger partial charge is 0.489 e. The number of pyridine rings is 1. The van der Waals surface area contributed by atoms with Gasteiger partial charge in [0.1, 0.15) is 0 Å². The molecule has 2 N–H and O–H groups in total. The summed E-state index contributed by atoms with van der Waals surface area (Å²) in [5.41, 5.74) is 0.368. The highest BCUT2D eigenvalue weighted by molar-refractivity contribution is 5.94. The van der Waals surface area contributed by atoms with Crippen LogP contribution in [0.3, 0.4) is 0 Å². The Bertz CT molecular complexity index is 466. The van der Waals surface area contributed by atoms with E-state index in [0.29, 0.717) is 23.9 Å². The van der Waals surface area contributed by atoms with Crippen LogP contribution < -0.4 is 15.4 Å². The van der Waals surface area contributed by atoms with Crippen molar-refractivity contribution in [2.45, 2.75) is 39.2 Å². The van der Waals surface area contributed by atoms with Gasteiger partial charge in [-0.2, -0.15) is 0 Å². The first kappa shape index (κ1) is 22.0. The van der Waals surface area contributed by atoms with Gasteiger partial charge in [-0.05, 0) is 64.3 Å². The van der Waals surface area contributed by atoms with Crippen molar-refractivity contribution in [2.24, 2.45) is 5.92 Å². The fraction of sp³-hybridized carbons (Fsp3) is 0.625. The molecule has 1 aliphatic rings. The zero-order valence-electron chi connectivity index (χ0n) is 13.7. The number of hydrogen-bond donors (Lipinski definition) is 2. The van der Waals surface area contributed by atoms with E-state index in [-0.39, 0.29) is 36.8 Å². The molecule has 1 aromatic rings. The van der Waals surface area contributed by atoms with E-state index in [2.05, 4.69) is 15.6 Å². The number of nitrogens with zero attached hydrogens (tertiary/aromatic N) is 1. The summed E-state index contributed by atoms with van der Waals surface area (Å²) in [6.45, 7) is 6.73. The molecule has 0 radical (unpaired) electrons. The van der Waals surface area contributed by atoms with Gasteiger partial charge in [0.2, 0.25) is 0 Å². The van der Waals surface area contributed by atoms with Gasteiger partial charge in [-0.1, -0.05) is 0 Å². The first-order valence-corrected chi connectivity index (χ1v) is 7.77. The van der Waals surface area contributed by atoms with E-state index in [9.17, 15) is 4.79 Å². The summed E-state index contributed by atoms with van der Waals surface area (Å²) in [5, 5.41) is 6.34. The van der Waals surface area contributed by atoms with Crippen molar-refractivity contribution in [1.29, 1.82) is 0 Å². The zero-order valence-corrected chi connectivity index (χ0v) is 15.3. The Kier molecular flexibility index (Phi) is 11.0. The van der Waals surface area contributed by atoms with Crippen LogP contribution in [0.2, 0.25) is 0 Å². The van der Waals surface area contributed by atoms with Gasteiger partial charge in [-0.15, -0.1) is 24.8 Å². The molecule has 1 atom stereocenters. The maximum Gasteiger partial charge on any atom is 0.273 e. The molecule has 5 nitrogen and oxygen atoms in total. The van der Waals surface area contributed by atoms with Crippen LogP contribution in [0, 0.1) is 5.92 Å². The number of carbonyl (C=O) groups is 1. The van der Waals surface area contributed by atoms with Gasteiger partial charge < -0.3 is 15.4 Å².